The number of aliphatic hydroxyl groups excluding tert-OH is 1. The van der Waals surface area contributed by atoms with Crippen LogP contribution in [0, 0.1) is 12.8 Å². The standard InChI is InChI=1S/C20H26N4O/c1-4-18(25)14(3)19-22-17-10-13(2)7-8-16(17)20(23-19)24-9-5-6-15(11-21)12-24/h4,7-8,10,15,25H,1,5-6,9,11-12,21H2,2-3H3/b18-14-. The van der Waals surface area contributed by atoms with Crippen LogP contribution in [0.3, 0.4) is 0 Å². The molecular weight excluding hydrogens is 312 g/mol. The Morgan fingerprint density at radius 2 is 2.24 bits per heavy atom. The van der Waals surface area contributed by atoms with Crippen molar-refractivity contribution < 1.29 is 5.11 Å². The first-order chi connectivity index (χ1) is 12.0. The molecule has 2 heterocycles. The van der Waals surface area contributed by atoms with Gasteiger partial charge in [-0.05, 0) is 62.9 Å². The first kappa shape index (κ1) is 17.4. The van der Waals surface area contributed by atoms with E-state index in [-0.39, 0.29) is 5.76 Å². The molecule has 25 heavy (non-hydrogen) atoms. The van der Waals surface area contributed by atoms with Crippen LogP contribution in [0.2, 0.25) is 0 Å². The number of aliphatic hydroxyl groups is 1. The molecule has 0 bridgehead atoms. The second kappa shape index (κ2) is 7.23. The van der Waals surface area contributed by atoms with E-state index >= 15 is 0 Å². The SMILES string of the molecule is C=C/C(O)=C(\C)c1nc(N2CCCC(CN)C2)c2ccc(C)cc2n1. The largest absolute Gasteiger partial charge is 0.508 e. The molecule has 3 N–H and O–H groups in total. The van der Waals surface area contributed by atoms with E-state index in [4.69, 9.17) is 10.7 Å². The van der Waals surface area contributed by atoms with Crippen molar-refractivity contribution in [3.8, 4) is 0 Å². The first-order valence-corrected chi connectivity index (χ1v) is 8.79. The Kier molecular flexibility index (Phi) is 5.04. The summed E-state index contributed by atoms with van der Waals surface area (Å²) in [6.45, 7) is 10.1. The maximum atomic E-state index is 10.0. The average molecular weight is 338 g/mol. The number of hydrogen-bond donors (Lipinski definition) is 2. The van der Waals surface area contributed by atoms with Crippen molar-refractivity contribution in [2.45, 2.75) is 26.7 Å². The molecule has 1 aliphatic rings. The molecule has 0 saturated carbocycles. The van der Waals surface area contributed by atoms with Crippen LogP contribution >= 0.6 is 0 Å². The summed E-state index contributed by atoms with van der Waals surface area (Å²) >= 11 is 0. The maximum Gasteiger partial charge on any atom is 0.161 e. The number of hydrogen-bond acceptors (Lipinski definition) is 5. The number of allylic oxidation sites excluding steroid dienone is 2. The Hall–Kier alpha value is -2.40. The fourth-order valence-corrected chi connectivity index (χ4v) is 3.35. The lowest BCUT2D eigenvalue weighted by Gasteiger charge is -2.33. The zero-order valence-electron chi connectivity index (χ0n) is 15.0. The predicted molar refractivity (Wildman–Crippen MR) is 104 cm³/mol. The Labute approximate surface area is 148 Å². The Balaban J connectivity index is 2.16. The van der Waals surface area contributed by atoms with E-state index in [1.54, 1.807) is 0 Å². The lowest BCUT2D eigenvalue weighted by atomic mass is 9.98. The number of rotatable bonds is 4. The monoisotopic (exact) mass is 338 g/mol. The minimum absolute atomic E-state index is 0.108. The molecule has 5 heteroatoms. The molecule has 1 unspecified atom stereocenters. The Bertz CT molecular complexity index is 828. The molecule has 3 rings (SSSR count). The van der Waals surface area contributed by atoms with Gasteiger partial charge in [0, 0.05) is 24.0 Å². The topological polar surface area (TPSA) is 75.3 Å². The number of benzene rings is 1. The van der Waals surface area contributed by atoms with E-state index in [0.29, 0.717) is 23.9 Å². The fourth-order valence-electron chi connectivity index (χ4n) is 3.35. The molecule has 1 saturated heterocycles. The number of aromatic nitrogens is 2. The summed E-state index contributed by atoms with van der Waals surface area (Å²) in [6, 6.07) is 6.23. The summed E-state index contributed by atoms with van der Waals surface area (Å²) in [5.74, 6) is 2.07. The van der Waals surface area contributed by atoms with Gasteiger partial charge >= 0.3 is 0 Å². The van der Waals surface area contributed by atoms with Gasteiger partial charge in [-0.15, -0.1) is 0 Å². The third-order valence-electron chi connectivity index (χ3n) is 4.90. The highest BCUT2D eigenvalue weighted by atomic mass is 16.3. The first-order valence-electron chi connectivity index (χ1n) is 8.79. The van der Waals surface area contributed by atoms with Crippen LogP contribution in [-0.4, -0.2) is 34.7 Å². The lowest BCUT2D eigenvalue weighted by molar-refractivity contribution is 0.422. The van der Waals surface area contributed by atoms with Crippen LogP contribution in [0.25, 0.3) is 16.5 Å². The van der Waals surface area contributed by atoms with Crippen molar-refractivity contribution in [2.24, 2.45) is 11.7 Å². The summed E-state index contributed by atoms with van der Waals surface area (Å²) in [7, 11) is 0. The van der Waals surface area contributed by atoms with Gasteiger partial charge in [-0.25, -0.2) is 9.97 Å². The van der Waals surface area contributed by atoms with E-state index in [9.17, 15) is 5.11 Å². The van der Waals surface area contributed by atoms with E-state index in [0.717, 1.165) is 48.2 Å². The third-order valence-corrected chi connectivity index (χ3v) is 4.90. The summed E-state index contributed by atoms with van der Waals surface area (Å²) < 4.78 is 0. The van der Waals surface area contributed by atoms with Crippen LogP contribution in [0.15, 0.2) is 36.6 Å². The van der Waals surface area contributed by atoms with Crippen LogP contribution < -0.4 is 10.6 Å². The smallest absolute Gasteiger partial charge is 0.161 e. The highest BCUT2D eigenvalue weighted by Crippen LogP contribution is 2.30. The van der Waals surface area contributed by atoms with Gasteiger partial charge in [-0.1, -0.05) is 12.6 Å². The van der Waals surface area contributed by atoms with Crippen LogP contribution in [0.1, 0.15) is 31.2 Å². The number of piperidine rings is 1. The van der Waals surface area contributed by atoms with E-state index < -0.39 is 0 Å². The normalized spacial score (nSPS) is 19.0. The number of nitrogens with zero attached hydrogens (tertiary/aromatic N) is 3. The summed E-state index contributed by atoms with van der Waals surface area (Å²) in [4.78, 5) is 11.8. The van der Waals surface area contributed by atoms with Crippen molar-refractivity contribution in [3.63, 3.8) is 0 Å². The van der Waals surface area contributed by atoms with E-state index in [2.05, 4.69) is 41.6 Å². The van der Waals surface area contributed by atoms with E-state index in [1.807, 2.05) is 6.92 Å². The van der Waals surface area contributed by atoms with Gasteiger partial charge in [0.2, 0.25) is 0 Å². The summed E-state index contributed by atoms with van der Waals surface area (Å²) in [5, 5.41) is 11.1. The van der Waals surface area contributed by atoms with Crippen molar-refractivity contribution in [3.05, 3.63) is 48.0 Å². The second-order valence-electron chi connectivity index (χ2n) is 6.80. The number of anilines is 1. The minimum Gasteiger partial charge on any atom is -0.508 e. The molecule has 2 aromatic rings. The minimum atomic E-state index is 0.108. The van der Waals surface area contributed by atoms with Crippen molar-refractivity contribution >= 4 is 22.3 Å². The van der Waals surface area contributed by atoms with Crippen molar-refractivity contribution in [1.82, 2.24) is 9.97 Å². The number of nitrogens with two attached hydrogens (primary N) is 1. The van der Waals surface area contributed by atoms with Gasteiger partial charge in [-0.3, -0.25) is 0 Å². The quantitative estimate of drug-likeness (QED) is 0.658. The molecule has 1 atom stereocenters. The Morgan fingerprint density at radius 1 is 1.44 bits per heavy atom. The molecule has 1 fully saturated rings. The molecule has 132 valence electrons. The van der Waals surface area contributed by atoms with Gasteiger partial charge in [-0.2, -0.15) is 0 Å². The molecule has 0 aliphatic carbocycles. The number of aryl methyl sites for hydroxylation is 1. The van der Waals surface area contributed by atoms with Crippen LogP contribution in [0.5, 0.6) is 0 Å². The van der Waals surface area contributed by atoms with Gasteiger partial charge in [0.25, 0.3) is 0 Å². The Morgan fingerprint density at radius 3 is 2.96 bits per heavy atom. The fraction of sp³-hybridized carbons (Fsp3) is 0.400. The average Bonchev–Trinajstić information content (AvgIpc) is 2.65. The van der Waals surface area contributed by atoms with Gasteiger partial charge in [0.1, 0.15) is 11.6 Å². The van der Waals surface area contributed by atoms with Crippen molar-refractivity contribution in [1.29, 1.82) is 0 Å². The molecule has 1 aromatic heterocycles. The van der Waals surface area contributed by atoms with Crippen LogP contribution in [0.4, 0.5) is 5.82 Å². The van der Waals surface area contributed by atoms with Gasteiger partial charge in [0.05, 0.1) is 5.52 Å². The van der Waals surface area contributed by atoms with Crippen LogP contribution in [-0.2, 0) is 0 Å². The molecule has 0 radical (unpaired) electrons. The predicted octanol–water partition coefficient (Wildman–Crippen LogP) is 3.59. The third kappa shape index (κ3) is 3.51. The molecule has 0 amide bonds. The highest BCUT2D eigenvalue weighted by molar-refractivity contribution is 5.91. The maximum absolute atomic E-state index is 10.0. The summed E-state index contributed by atoms with van der Waals surface area (Å²) in [5.41, 5.74) is 8.58. The van der Waals surface area contributed by atoms with Gasteiger partial charge < -0.3 is 15.7 Å². The molecule has 1 aromatic carbocycles. The molecule has 5 nitrogen and oxygen atoms in total. The zero-order chi connectivity index (χ0) is 18.0. The number of fused-ring (bicyclic) bond motifs is 1. The second-order valence-corrected chi connectivity index (χ2v) is 6.80. The summed E-state index contributed by atoms with van der Waals surface area (Å²) in [6.07, 6.45) is 3.70. The van der Waals surface area contributed by atoms with Crippen molar-refractivity contribution in [2.75, 3.05) is 24.5 Å². The highest BCUT2D eigenvalue weighted by Gasteiger charge is 2.23. The lowest BCUT2D eigenvalue weighted by Crippen LogP contribution is -2.39. The van der Waals surface area contributed by atoms with Gasteiger partial charge in [0.15, 0.2) is 5.82 Å². The molecule has 0 spiro atoms. The molecular formula is C20H26N4O. The van der Waals surface area contributed by atoms with E-state index in [1.165, 1.54) is 6.08 Å². The zero-order valence-corrected chi connectivity index (χ0v) is 15.0. The molecule has 1 aliphatic heterocycles.